The molecule has 26 heavy (non-hydrogen) atoms. The van der Waals surface area contributed by atoms with E-state index in [4.69, 9.17) is 16.3 Å². The Labute approximate surface area is 165 Å². The third-order valence-corrected chi connectivity index (χ3v) is 5.81. The third kappa shape index (κ3) is 3.26. The molecule has 4 nitrogen and oxygen atoms in total. The van der Waals surface area contributed by atoms with Crippen LogP contribution < -0.4 is 4.74 Å². The van der Waals surface area contributed by atoms with E-state index in [9.17, 15) is 9.59 Å². The van der Waals surface area contributed by atoms with Crippen molar-refractivity contribution in [3.8, 4) is 5.75 Å². The number of amides is 1. The first-order chi connectivity index (χ1) is 12.5. The molecule has 0 atom stereocenters. The fraction of sp³-hybridized carbons (Fsp3) is 0.300. The first kappa shape index (κ1) is 17.6. The molecule has 2 aliphatic rings. The number of ether oxygens (including phenoxy) is 1. The number of benzene rings is 2. The highest BCUT2D eigenvalue weighted by Crippen LogP contribution is 2.40. The second-order valence-corrected chi connectivity index (χ2v) is 8.18. The number of piperidine rings is 1. The van der Waals surface area contributed by atoms with Crippen molar-refractivity contribution in [1.29, 1.82) is 0 Å². The van der Waals surface area contributed by atoms with Crippen molar-refractivity contribution in [3.05, 3.63) is 63.1 Å². The van der Waals surface area contributed by atoms with Gasteiger partial charge < -0.3 is 9.64 Å². The summed E-state index contributed by atoms with van der Waals surface area (Å²) in [6.07, 6.45) is 1.61. The number of carbonyl (C=O) groups is 2. The number of nitrogens with zero attached hydrogens (tertiary/aromatic N) is 1. The minimum atomic E-state index is -0.522. The van der Waals surface area contributed by atoms with Crippen LogP contribution in [0.4, 0.5) is 0 Å². The Bertz CT molecular complexity index is 890. The van der Waals surface area contributed by atoms with Crippen LogP contribution in [0.15, 0.2) is 46.9 Å². The van der Waals surface area contributed by atoms with E-state index >= 15 is 0 Å². The number of likely N-dealkylation sites (tertiary alicyclic amines) is 1. The lowest BCUT2D eigenvalue weighted by Crippen LogP contribution is -2.52. The molecule has 2 aromatic carbocycles. The number of halogens is 2. The Morgan fingerprint density at radius 3 is 2.65 bits per heavy atom. The van der Waals surface area contributed by atoms with Gasteiger partial charge in [0.05, 0.1) is 12.0 Å². The molecule has 0 N–H and O–H groups in total. The molecule has 2 heterocycles. The summed E-state index contributed by atoms with van der Waals surface area (Å²) < 4.78 is 7.10. The molecule has 4 rings (SSSR count). The molecule has 134 valence electrons. The van der Waals surface area contributed by atoms with E-state index in [0.717, 1.165) is 4.47 Å². The van der Waals surface area contributed by atoms with Crippen LogP contribution >= 0.6 is 27.5 Å². The molecule has 2 aliphatic heterocycles. The van der Waals surface area contributed by atoms with Gasteiger partial charge in [-0.1, -0.05) is 33.6 Å². The fourth-order valence-corrected chi connectivity index (χ4v) is 4.24. The zero-order valence-corrected chi connectivity index (χ0v) is 16.3. The summed E-state index contributed by atoms with van der Waals surface area (Å²) in [5.41, 5.74) is 0.693. The standard InChI is InChI=1S/C20H17BrClNO3/c21-14-3-1-2-13(10-14)19(25)23-8-6-20(7-9-23)12-17(24)16-11-15(22)4-5-18(16)26-20/h1-5,10-11H,6-9,12H2. The van der Waals surface area contributed by atoms with Gasteiger partial charge in [-0.2, -0.15) is 0 Å². The highest BCUT2D eigenvalue weighted by Gasteiger charge is 2.43. The van der Waals surface area contributed by atoms with Gasteiger partial charge in [0.2, 0.25) is 0 Å². The molecule has 0 aliphatic carbocycles. The Morgan fingerprint density at radius 2 is 1.92 bits per heavy atom. The van der Waals surface area contributed by atoms with Gasteiger partial charge in [0.15, 0.2) is 5.78 Å². The van der Waals surface area contributed by atoms with Crippen LogP contribution in [0.25, 0.3) is 0 Å². The molecule has 0 radical (unpaired) electrons. The van der Waals surface area contributed by atoms with Gasteiger partial charge in [-0.25, -0.2) is 0 Å². The summed E-state index contributed by atoms with van der Waals surface area (Å²) >= 11 is 9.39. The highest BCUT2D eigenvalue weighted by molar-refractivity contribution is 9.10. The van der Waals surface area contributed by atoms with Crippen LogP contribution in [0.3, 0.4) is 0 Å². The maximum absolute atomic E-state index is 12.7. The maximum atomic E-state index is 12.7. The van der Waals surface area contributed by atoms with Crippen molar-refractivity contribution in [2.75, 3.05) is 13.1 Å². The summed E-state index contributed by atoms with van der Waals surface area (Å²) in [4.78, 5) is 27.1. The highest BCUT2D eigenvalue weighted by atomic mass is 79.9. The zero-order chi connectivity index (χ0) is 18.3. The van der Waals surface area contributed by atoms with Gasteiger partial charge >= 0.3 is 0 Å². The van der Waals surface area contributed by atoms with Crippen molar-refractivity contribution < 1.29 is 14.3 Å². The van der Waals surface area contributed by atoms with Crippen molar-refractivity contribution in [1.82, 2.24) is 4.90 Å². The van der Waals surface area contributed by atoms with Crippen LogP contribution in [-0.2, 0) is 0 Å². The predicted octanol–water partition coefficient (Wildman–Crippen LogP) is 4.74. The van der Waals surface area contributed by atoms with E-state index in [-0.39, 0.29) is 11.7 Å². The van der Waals surface area contributed by atoms with E-state index in [2.05, 4.69) is 15.9 Å². The lowest BCUT2D eigenvalue weighted by molar-refractivity contribution is -0.00570. The van der Waals surface area contributed by atoms with Crippen molar-refractivity contribution in [2.45, 2.75) is 24.9 Å². The molecule has 0 saturated carbocycles. The third-order valence-electron chi connectivity index (χ3n) is 5.08. The minimum absolute atomic E-state index is 0.00969. The molecular weight excluding hydrogens is 418 g/mol. The zero-order valence-electron chi connectivity index (χ0n) is 14.0. The molecule has 1 fully saturated rings. The molecule has 1 spiro atoms. The van der Waals surface area contributed by atoms with Gasteiger partial charge in [0, 0.05) is 41.0 Å². The minimum Gasteiger partial charge on any atom is -0.486 e. The summed E-state index contributed by atoms with van der Waals surface area (Å²) in [6.45, 7) is 1.14. The molecule has 1 saturated heterocycles. The van der Waals surface area contributed by atoms with Crippen LogP contribution in [0.1, 0.15) is 40.0 Å². The number of fused-ring (bicyclic) bond motifs is 1. The topological polar surface area (TPSA) is 46.6 Å². The van der Waals surface area contributed by atoms with E-state index in [1.54, 1.807) is 18.2 Å². The van der Waals surface area contributed by atoms with Crippen molar-refractivity contribution in [2.24, 2.45) is 0 Å². The average molecular weight is 435 g/mol. The molecule has 6 heteroatoms. The number of rotatable bonds is 1. The molecule has 0 unspecified atom stereocenters. The number of Topliss-reactive ketones (excluding diaryl/α,β-unsaturated/α-hetero) is 1. The lowest BCUT2D eigenvalue weighted by atomic mass is 9.82. The van der Waals surface area contributed by atoms with Crippen LogP contribution in [0.5, 0.6) is 5.75 Å². The smallest absolute Gasteiger partial charge is 0.253 e. The Hall–Kier alpha value is -1.85. The van der Waals surface area contributed by atoms with Gasteiger partial charge in [-0.05, 0) is 36.4 Å². The SMILES string of the molecule is O=C1CC2(CCN(C(=O)c3cccc(Br)c3)CC2)Oc2ccc(Cl)cc21. The first-order valence-corrected chi connectivity index (χ1v) is 9.70. The van der Waals surface area contributed by atoms with Crippen molar-refractivity contribution in [3.63, 3.8) is 0 Å². The Kier molecular flexibility index (Phi) is 4.53. The Balaban J connectivity index is 1.49. The fourth-order valence-electron chi connectivity index (χ4n) is 3.67. The molecule has 1 amide bonds. The summed E-state index contributed by atoms with van der Waals surface area (Å²) in [5, 5.41) is 0.533. The predicted molar refractivity (Wildman–Crippen MR) is 103 cm³/mol. The first-order valence-electron chi connectivity index (χ1n) is 8.52. The number of carbonyl (C=O) groups excluding carboxylic acids is 2. The van der Waals surface area contributed by atoms with E-state index < -0.39 is 5.60 Å². The normalized spacial score (nSPS) is 18.4. The van der Waals surface area contributed by atoms with Crippen LogP contribution in [0, 0.1) is 0 Å². The molecule has 2 aromatic rings. The average Bonchev–Trinajstić information content (AvgIpc) is 2.63. The molecule has 0 aromatic heterocycles. The van der Waals surface area contributed by atoms with Crippen LogP contribution in [0.2, 0.25) is 5.02 Å². The van der Waals surface area contributed by atoms with Crippen molar-refractivity contribution >= 4 is 39.2 Å². The van der Waals surface area contributed by atoms with Gasteiger partial charge in [-0.3, -0.25) is 9.59 Å². The number of ketones is 1. The maximum Gasteiger partial charge on any atom is 0.253 e. The van der Waals surface area contributed by atoms with E-state index in [0.29, 0.717) is 54.3 Å². The summed E-state index contributed by atoms with van der Waals surface area (Å²) in [5.74, 6) is 0.661. The number of hydrogen-bond donors (Lipinski definition) is 0. The van der Waals surface area contributed by atoms with E-state index in [1.807, 2.05) is 29.2 Å². The molecular formula is C20H17BrClNO3. The molecule has 0 bridgehead atoms. The largest absolute Gasteiger partial charge is 0.486 e. The summed E-state index contributed by atoms with van der Waals surface area (Å²) in [6, 6.07) is 12.6. The monoisotopic (exact) mass is 433 g/mol. The second kappa shape index (κ2) is 6.71. The quantitative estimate of drug-likeness (QED) is 0.651. The van der Waals surface area contributed by atoms with E-state index in [1.165, 1.54) is 0 Å². The van der Waals surface area contributed by atoms with Gasteiger partial charge in [0.1, 0.15) is 11.4 Å². The summed E-state index contributed by atoms with van der Waals surface area (Å²) in [7, 11) is 0. The van der Waals surface area contributed by atoms with Crippen LogP contribution in [-0.4, -0.2) is 35.3 Å². The number of hydrogen-bond acceptors (Lipinski definition) is 3. The van der Waals surface area contributed by atoms with Gasteiger partial charge in [0.25, 0.3) is 5.91 Å². The lowest BCUT2D eigenvalue weighted by Gasteiger charge is -2.44. The second-order valence-electron chi connectivity index (χ2n) is 6.83. The Morgan fingerprint density at radius 1 is 1.15 bits per heavy atom. The van der Waals surface area contributed by atoms with Gasteiger partial charge in [-0.15, -0.1) is 0 Å².